The molecule has 41 heavy (non-hydrogen) atoms. The molecule has 10 nitrogen and oxygen atoms in total. The van der Waals surface area contributed by atoms with Crippen LogP contribution in [-0.4, -0.2) is 81.9 Å². The molecule has 0 bridgehead atoms. The molecule has 0 aliphatic carbocycles. The molecule has 2 aromatic rings. The molecule has 4 rings (SSSR count). The van der Waals surface area contributed by atoms with Crippen LogP contribution in [0.2, 0.25) is 0 Å². The third kappa shape index (κ3) is 12.1. The minimum absolute atomic E-state index is 0. The molecule has 0 unspecified atom stereocenters. The van der Waals surface area contributed by atoms with E-state index in [0.29, 0.717) is 12.1 Å². The topological polar surface area (TPSA) is 147 Å². The van der Waals surface area contributed by atoms with Gasteiger partial charge >= 0.3 is 28.1 Å². The first kappa shape index (κ1) is 37.2. The van der Waals surface area contributed by atoms with E-state index in [1.54, 1.807) is 0 Å². The maximum Gasteiger partial charge on any atom is 4.00 e. The monoisotopic (exact) mass is 676 g/mol. The van der Waals surface area contributed by atoms with Gasteiger partial charge in [0.2, 0.25) is 0 Å². The summed E-state index contributed by atoms with van der Waals surface area (Å²) in [4.78, 5) is 14.4. The molecular weight excluding hydrogens is 650 g/mol. The first-order chi connectivity index (χ1) is 18.4. The molecule has 4 heterocycles. The van der Waals surface area contributed by atoms with Gasteiger partial charge in [-0.2, -0.15) is 26.3 Å². The van der Waals surface area contributed by atoms with Gasteiger partial charge < -0.3 is 9.11 Å². The second-order valence-electron chi connectivity index (χ2n) is 8.80. The van der Waals surface area contributed by atoms with Crippen molar-refractivity contribution < 1.29 is 69.4 Å². The average molecular weight is 676 g/mol. The molecular formula is C22H26F6FeN4O6S2+2. The number of pyridine rings is 2. The van der Waals surface area contributed by atoms with Crippen LogP contribution >= 0.6 is 0 Å². The molecule has 0 amide bonds. The molecule has 19 heteroatoms. The van der Waals surface area contributed by atoms with Gasteiger partial charge in [-0.15, -0.1) is 0 Å². The molecule has 0 radical (unpaired) electrons. The smallest absolute Gasteiger partial charge is 0.741 e. The number of hydrogen-bond acceptors (Lipinski definition) is 10. The Kier molecular flexibility index (Phi) is 14.1. The molecule has 2 aliphatic rings. The molecule has 0 N–H and O–H groups in total. The van der Waals surface area contributed by atoms with Gasteiger partial charge in [-0.05, 0) is 63.0 Å². The minimum Gasteiger partial charge on any atom is -0.741 e. The molecule has 230 valence electrons. The van der Waals surface area contributed by atoms with Crippen LogP contribution in [0.4, 0.5) is 26.3 Å². The zero-order chi connectivity index (χ0) is 30.2. The number of hydrogen-bond donors (Lipinski definition) is 0. The van der Waals surface area contributed by atoms with Crippen molar-refractivity contribution in [2.24, 2.45) is 0 Å². The predicted molar refractivity (Wildman–Crippen MR) is 127 cm³/mol. The Labute approximate surface area is 244 Å². The largest absolute Gasteiger partial charge is 4.00 e. The SMILES string of the molecule is O=S(=O)([O-])C(F)(F)F.O=S(=O)([O-])C(F)(F)F.[Fe+4].c1ccc(CN2CCC[C@@H]2[C@@H]2CCCN2Cc2ccccn2)nc1. The van der Waals surface area contributed by atoms with Gasteiger partial charge in [-0.1, -0.05) is 12.1 Å². The summed E-state index contributed by atoms with van der Waals surface area (Å²) in [7, 11) is -12.2. The number of alkyl halides is 6. The maximum atomic E-state index is 10.7. The van der Waals surface area contributed by atoms with E-state index in [0.717, 1.165) is 13.1 Å². The van der Waals surface area contributed by atoms with Crippen molar-refractivity contribution in [3.8, 4) is 0 Å². The van der Waals surface area contributed by atoms with Crippen LogP contribution in [0.3, 0.4) is 0 Å². The maximum absolute atomic E-state index is 10.7. The fourth-order valence-electron chi connectivity index (χ4n) is 4.37. The Balaban J connectivity index is 0.000000413. The van der Waals surface area contributed by atoms with E-state index in [1.165, 1.54) is 50.2 Å². The van der Waals surface area contributed by atoms with Gasteiger partial charge in [0.15, 0.2) is 20.2 Å². The Morgan fingerprint density at radius 2 is 1.02 bits per heavy atom. The van der Waals surface area contributed by atoms with Crippen LogP contribution in [0.5, 0.6) is 0 Å². The molecule has 2 fully saturated rings. The number of halogens is 6. The normalized spacial score (nSPS) is 20.3. The van der Waals surface area contributed by atoms with Gasteiger partial charge in [0.05, 0.1) is 11.4 Å². The second-order valence-corrected chi connectivity index (χ2v) is 11.5. The first-order valence-electron chi connectivity index (χ1n) is 11.7. The van der Waals surface area contributed by atoms with Crippen LogP contribution in [0, 0.1) is 0 Å². The average Bonchev–Trinajstić information content (AvgIpc) is 3.48. The van der Waals surface area contributed by atoms with Gasteiger partial charge in [-0.25, -0.2) is 16.8 Å². The number of aromatic nitrogens is 2. The van der Waals surface area contributed by atoms with Gasteiger partial charge in [0.1, 0.15) is 0 Å². The third-order valence-corrected chi connectivity index (χ3v) is 7.16. The van der Waals surface area contributed by atoms with Crippen LogP contribution < -0.4 is 0 Å². The number of rotatable bonds is 5. The van der Waals surface area contributed by atoms with Crippen LogP contribution in [0.1, 0.15) is 37.1 Å². The zero-order valence-electron chi connectivity index (χ0n) is 21.1. The van der Waals surface area contributed by atoms with Crippen molar-refractivity contribution in [3.05, 3.63) is 60.2 Å². The van der Waals surface area contributed by atoms with Gasteiger partial charge in [-0.3, -0.25) is 19.8 Å². The molecule has 0 saturated carbocycles. The summed E-state index contributed by atoms with van der Waals surface area (Å²) in [6, 6.07) is 13.8. The number of likely N-dealkylation sites (tertiary alicyclic amines) is 2. The number of nitrogens with zero attached hydrogens (tertiary/aromatic N) is 4. The molecule has 2 saturated heterocycles. The van der Waals surface area contributed by atoms with E-state index < -0.39 is 31.3 Å². The van der Waals surface area contributed by atoms with Crippen molar-refractivity contribution in [2.75, 3.05) is 13.1 Å². The Hall–Kier alpha value is -1.86. The van der Waals surface area contributed by atoms with E-state index in [-0.39, 0.29) is 17.1 Å². The Bertz CT molecular complexity index is 1170. The Morgan fingerprint density at radius 3 is 1.27 bits per heavy atom. The van der Waals surface area contributed by atoms with E-state index in [2.05, 4.69) is 44.0 Å². The standard InChI is InChI=1S/C20H26N4.2CHF3O3S.Fe/c1-3-11-21-17(7-1)15-23-13-5-9-19(23)20-10-6-14-24(20)16-18-8-2-4-12-22-18;2*2-1(3,4)8(5,6)7;/h1-4,7-8,11-12,19-20H,5-6,9-10,13-16H2;2*(H,5,6,7);/q;;;+4/p-2/t19-,20+;;;. The molecule has 0 spiro atoms. The van der Waals surface area contributed by atoms with Gasteiger partial charge in [0, 0.05) is 37.6 Å². The minimum atomic E-state index is -6.09. The summed E-state index contributed by atoms with van der Waals surface area (Å²) in [6.45, 7) is 4.38. The van der Waals surface area contributed by atoms with E-state index >= 15 is 0 Å². The van der Waals surface area contributed by atoms with E-state index in [4.69, 9.17) is 25.9 Å². The summed E-state index contributed by atoms with van der Waals surface area (Å²) in [5.74, 6) is 0. The summed E-state index contributed by atoms with van der Waals surface area (Å²) in [6.07, 6.45) is 9.07. The van der Waals surface area contributed by atoms with E-state index in [9.17, 15) is 26.3 Å². The summed E-state index contributed by atoms with van der Waals surface area (Å²) in [5, 5.41) is 0. The third-order valence-electron chi connectivity index (χ3n) is 6.02. The quantitative estimate of drug-likeness (QED) is 0.200. The zero-order valence-corrected chi connectivity index (χ0v) is 23.8. The molecule has 2 aliphatic heterocycles. The van der Waals surface area contributed by atoms with Crippen LogP contribution in [0.15, 0.2) is 48.8 Å². The van der Waals surface area contributed by atoms with Crippen molar-refractivity contribution >= 4 is 20.2 Å². The van der Waals surface area contributed by atoms with Crippen molar-refractivity contribution in [3.63, 3.8) is 0 Å². The second kappa shape index (κ2) is 15.6. The van der Waals surface area contributed by atoms with Gasteiger partial charge in [0.25, 0.3) is 0 Å². The summed E-state index contributed by atoms with van der Waals surface area (Å²) < 4.78 is 118. The first-order valence-corrected chi connectivity index (χ1v) is 14.5. The Morgan fingerprint density at radius 1 is 0.707 bits per heavy atom. The molecule has 2 aromatic heterocycles. The van der Waals surface area contributed by atoms with Crippen molar-refractivity contribution in [2.45, 2.75) is 61.9 Å². The fraction of sp³-hybridized carbons (Fsp3) is 0.545. The van der Waals surface area contributed by atoms with E-state index in [1.807, 2.05) is 24.5 Å². The van der Waals surface area contributed by atoms with Crippen LogP contribution in [-0.2, 0) is 50.4 Å². The summed E-state index contributed by atoms with van der Waals surface area (Å²) >= 11 is 0. The van der Waals surface area contributed by atoms with Crippen LogP contribution in [0.25, 0.3) is 0 Å². The molecule has 0 aromatic carbocycles. The van der Waals surface area contributed by atoms with Crippen molar-refractivity contribution in [1.29, 1.82) is 0 Å². The summed E-state index contributed by atoms with van der Waals surface area (Å²) in [5.41, 5.74) is -8.91. The molecule has 2 atom stereocenters. The predicted octanol–water partition coefficient (Wildman–Crippen LogP) is 3.21. The van der Waals surface area contributed by atoms with Crippen molar-refractivity contribution in [1.82, 2.24) is 19.8 Å². The fourth-order valence-corrected chi connectivity index (χ4v) is 4.37.